The van der Waals surface area contributed by atoms with Gasteiger partial charge in [-0.25, -0.2) is 4.79 Å². The Morgan fingerprint density at radius 1 is 1.26 bits per heavy atom. The normalized spacial score (nSPS) is 10.3. The van der Waals surface area contributed by atoms with E-state index in [0.29, 0.717) is 22.3 Å². The Morgan fingerprint density at radius 3 is 2.74 bits per heavy atom. The third kappa shape index (κ3) is 7.05. The molecule has 0 saturated heterocycles. The van der Waals surface area contributed by atoms with Crippen LogP contribution in [0, 0.1) is 6.92 Å². The molecule has 0 radical (unpaired) electrons. The number of hydrogen-bond acceptors (Lipinski definition) is 4. The highest BCUT2D eigenvalue weighted by Gasteiger charge is 2.12. The summed E-state index contributed by atoms with van der Waals surface area (Å²) in [6.07, 6.45) is 0. The molecule has 2 rings (SSSR count). The van der Waals surface area contributed by atoms with Crippen LogP contribution in [0.5, 0.6) is 0 Å². The molecule has 0 aliphatic carbocycles. The Kier molecular flexibility index (Phi) is 8.91. The van der Waals surface area contributed by atoms with Crippen LogP contribution in [0.3, 0.4) is 0 Å². The molecule has 2 aromatic rings. The predicted octanol–water partition coefficient (Wildman–Crippen LogP) is 5.04. The Labute approximate surface area is 175 Å². The molecule has 27 heavy (non-hydrogen) atoms. The van der Waals surface area contributed by atoms with Gasteiger partial charge in [-0.3, -0.25) is 0 Å². The number of rotatable bonds is 8. The predicted molar refractivity (Wildman–Crippen MR) is 119 cm³/mol. The van der Waals surface area contributed by atoms with Gasteiger partial charge in [0, 0.05) is 23.7 Å². The minimum atomic E-state index is -0.430. The zero-order valence-electron chi connectivity index (χ0n) is 15.4. The van der Waals surface area contributed by atoms with Crippen molar-refractivity contribution in [2.75, 3.05) is 24.2 Å². The fraction of sp³-hybridized carbons (Fsp3) is 0.300. The zero-order chi connectivity index (χ0) is 19.6. The van der Waals surface area contributed by atoms with Crippen molar-refractivity contribution in [1.29, 1.82) is 0 Å². The summed E-state index contributed by atoms with van der Waals surface area (Å²) in [5, 5.41) is 7.10. The number of thiocarbonyl (C=S) groups is 1. The lowest BCUT2D eigenvalue weighted by Gasteiger charge is -2.12. The maximum Gasteiger partial charge on any atom is 0.339 e. The maximum absolute atomic E-state index is 11.8. The second kappa shape index (κ2) is 11.2. The maximum atomic E-state index is 11.8. The van der Waals surface area contributed by atoms with E-state index in [2.05, 4.69) is 41.8 Å². The number of benzene rings is 2. The minimum absolute atomic E-state index is 0.311. The highest BCUT2D eigenvalue weighted by Crippen LogP contribution is 2.22. The molecule has 0 bridgehead atoms. The summed E-state index contributed by atoms with van der Waals surface area (Å²) in [5.74, 6) is 1.50. The molecule has 4 nitrogen and oxygen atoms in total. The van der Waals surface area contributed by atoms with Gasteiger partial charge in [0.2, 0.25) is 0 Å². The topological polar surface area (TPSA) is 50.4 Å². The molecule has 0 aliphatic rings. The number of carbonyl (C=O) groups excluding carboxylic acids is 1. The fourth-order valence-electron chi connectivity index (χ4n) is 2.33. The van der Waals surface area contributed by atoms with Crippen LogP contribution in [0.2, 0.25) is 5.02 Å². The summed E-state index contributed by atoms with van der Waals surface area (Å²) >= 11 is 13.3. The molecule has 0 atom stereocenters. The van der Waals surface area contributed by atoms with Gasteiger partial charge in [-0.05, 0) is 55.4 Å². The van der Waals surface area contributed by atoms with E-state index < -0.39 is 5.97 Å². The van der Waals surface area contributed by atoms with Crippen molar-refractivity contribution in [3.63, 3.8) is 0 Å². The molecule has 0 aliphatic heterocycles. The quantitative estimate of drug-likeness (QED) is 0.353. The summed E-state index contributed by atoms with van der Waals surface area (Å²) in [7, 11) is 0. The van der Waals surface area contributed by atoms with Crippen molar-refractivity contribution in [3.8, 4) is 0 Å². The van der Waals surface area contributed by atoms with Crippen molar-refractivity contribution >= 4 is 52.3 Å². The number of thioether (sulfide) groups is 1. The standard InChI is InChI=1S/C20H23ClN2O2S2/c1-3-25-19(24)17-9-8-16(12-18(17)21)23-20(26)22-10-11-27-13-15-7-5-4-6-14(15)2/h4-9,12H,3,10-11,13H2,1-2H3,(H2,22,23,26). The van der Waals surface area contributed by atoms with Gasteiger partial charge >= 0.3 is 5.97 Å². The molecule has 2 N–H and O–H groups in total. The second-order valence-electron chi connectivity index (χ2n) is 5.78. The van der Waals surface area contributed by atoms with Gasteiger partial charge in [0.05, 0.1) is 17.2 Å². The molecule has 0 spiro atoms. The van der Waals surface area contributed by atoms with Crippen molar-refractivity contribution in [2.45, 2.75) is 19.6 Å². The molecule has 0 saturated carbocycles. The number of aryl methyl sites for hydroxylation is 1. The van der Waals surface area contributed by atoms with Crippen molar-refractivity contribution in [1.82, 2.24) is 5.32 Å². The first kappa shape index (κ1) is 21.5. The van der Waals surface area contributed by atoms with Crippen LogP contribution in [0.1, 0.15) is 28.4 Å². The smallest absolute Gasteiger partial charge is 0.339 e. The lowest BCUT2D eigenvalue weighted by atomic mass is 10.1. The number of anilines is 1. The van der Waals surface area contributed by atoms with E-state index in [-0.39, 0.29) is 0 Å². The first-order valence-electron chi connectivity index (χ1n) is 8.65. The highest BCUT2D eigenvalue weighted by molar-refractivity contribution is 7.98. The van der Waals surface area contributed by atoms with Gasteiger partial charge in [-0.15, -0.1) is 0 Å². The van der Waals surface area contributed by atoms with Crippen LogP contribution >= 0.6 is 35.6 Å². The lowest BCUT2D eigenvalue weighted by molar-refractivity contribution is 0.0526. The van der Waals surface area contributed by atoms with E-state index in [1.54, 1.807) is 25.1 Å². The molecule has 0 unspecified atom stereocenters. The van der Waals surface area contributed by atoms with Crippen molar-refractivity contribution < 1.29 is 9.53 Å². The van der Waals surface area contributed by atoms with Gasteiger partial charge in [-0.1, -0.05) is 35.9 Å². The van der Waals surface area contributed by atoms with E-state index >= 15 is 0 Å². The van der Waals surface area contributed by atoms with Gasteiger partial charge in [-0.2, -0.15) is 11.8 Å². The Morgan fingerprint density at radius 2 is 2.04 bits per heavy atom. The Hall–Kier alpha value is -1.76. The van der Waals surface area contributed by atoms with E-state index in [1.165, 1.54) is 11.1 Å². The first-order chi connectivity index (χ1) is 13.0. The minimum Gasteiger partial charge on any atom is -0.462 e. The fourth-order valence-corrected chi connectivity index (χ4v) is 3.75. The summed E-state index contributed by atoms with van der Waals surface area (Å²) in [6.45, 7) is 4.96. The van der Waals surface area contributed by atoms with Crippen molar-refractivity contribution in [2.24, 2.45) is 0 Å². The number of carbonyl (C=O) groups is 1. The summed E-state index contributed by atoms with van der Waals surface area (Å²) in [4.78, 5) is 11.8. The SMILES string of the molecule is CCOC(=O)c1ccc(NC(=S)NCCSCc2ccccc2C)cc1Cl. The average Bonchev–Trinajstić information content (AvgIpc) is 2.63. The van der Waals surface area contributed by atoms with E-state index in [9.17, 15) is 4.79 Å². The molecular weight excluding hydrogens is 400 g/mol. The molecule has 7 heteroatoms. The van der Waals surface area contributed by atoms with Gasteiger partial charge < -0.3 is 15.4 Å². The average molecular weight is 423 g/mol. The molecule has 0 amide bonds. The van der Waals surface area contributed by atoms with Crippen LogP contribution in [-0.2, 0) is 10.5 Å². The summed E-state index contributed by atoms with van der Waals surface area (Å²) in [6, 6.07) is 13.5. The van der Waals surface area contributed by atoms with Crippen LogP contribution in [-0.4, -0.2) is 30.0 Å². The Balaban J connectivity index is 1.73. The number of esters is 1. The number of hydrogen-bond donors (Lipinski definition) is 2. The third-order valence-corrected chi connectivity index (χ3v) is 5.34. The molecule has 144 valence electrons. The monoisotopic (exact) mass is 422 g/mol. The van der Waals surface area contributed by atoms with Gasteiger partial charge in [0.25, 0.3) is 0 Å². The highest BCUT2D eigenvalue weighted by atomic mass is 35.5. The Bertz CT molecular complexity index is 799. The van der Waals surface area contributed by atoms with Crippen molar-refractivity contribution in [3.05, 3.63) is 64.2 Å². The second-order valence-corrected chi connectivity index (χ2v) is 7.70. The number of ether oxygens (including phenoxy) is 1. The molecule has 2 aromatic carbocycles. The lowest BCUT2D eigenvalue weighted by Crippen LogP contribution is -2.30. The number of halogens is 1. The van der Waals surface area contributed by atoms with Crippen LogP contribution in [0.4, 0.5) is 5.69 Å². The van der Waals surface area contributed by atoms with E-state index in [1.807, 2.05) is 11.8 Å². The van der Waals surface area contributed by atoms with Crippen LogP contribution in [0.25, 0.3) is 0 Å². The number of nitrogens with one attached hydrogen (secondary N) is 2. The largest absolute Gasteiger partial charge is 0.462 e. The van der Waals surface area contributed by atoms with E-state index in [4.69, 9.17) is 28.6 Å². The molecular formula is C20H23ClN2O2S2. The van der Waals surface area contributed by atoms with Crippen LogP contribution in [0.15, 0.2) is 42.5 Å². The summed E-state index contributed by atoms with van der Waals surface area (Å²) in [5.41, 5.74) is 3.74. The van der Waals surface area contributed by atoms with E-state index in [0.717, 1.165) is 23.7 Å². The summed E-state index contributed by atoms with van der Waals surface area (Å²) < 4.78 is 4.96. The first-order valence-corrected chi connectivity index (χ1v) is 10.6. The van der Waals surface area contributed by atoms with Gasteiger partial charge in [0.15, 0.2) is 5.11 Å². The molecule has 0 fully saturated rings. The molecule has 0 aromatic heterocycles. The zero-order valence-corrected chi connectivity index (χ0v) is 17.8. The molecule has 0 heterocycles. The van der Waals surface area contributed by atoms with Crippen LogP contribution < -0.4 is 10.6 Å². The third-order valence-electron chi connectivity index (χ3n) is 3.77. The van der Waals surface area contributed by atoms with Gasteiger partial charge in [0.1, 0.15) is 0 Å².